The van der Waals surface area contributed by atoms with Crippen LogP contribution in [0.1, 0.15) is 36.5 Å². The molecule has 1 aliphatic carbocycles. The molecule has 0 aliphatic heterocycles. The fraction of sp³-hybridized carbons (Fsp3) is 0.400. The van der Waals surface area contributed by atoms with Crippen molar-refractivity contribution in [1.82, 2.24) is 5.32 Å². The molecule has 0 heterocycles. The van der Waals surface area contributed by atoms with Gasteiger partial charge in [0.15, 0.2) is 5.78 Å². The third kappa shape index (κ3) is 4.59. The number of carboxylic acids is 1. The molecule has 3 N–H and O–H groups in total. The van der Waals surface area contributed by atoms with Crippen molar-refractivity contribution in [1.29, 1.82) is 0 Å². The van der Waals surface area contributed by atoms with Gasteiger partial charge in [0, 0.05) is 17.3 Å². The number of carbonyl (C=O) groups excluding carboxylic acids is 2. The summed E-state index contributed by atoms with van der Waals surface area (Å²) in [4.78, 5) is 34.0. The number of aliphatic carboxylic acids is 1. The van der Waals surface area contributed by atoms with Crippen molar-refractivity contribution in [3.8, 4) is 0 Å². The first-order valence-electron chi connectivity index (χ1n) is 6.86. The predicted molar refractivity (Wildman–Crippen MR) is 77.4 cm³/mol. The zero-order valence-corrected chi connectivity index (χ0v) is 11.8. The number of amides is 2. The maximum atomic E-state index is 11.9. The van der Waals surface area contributed by atoms with E-state index in [1.165, 1.54) is 6.92 Å². The highest BCUT2D eigenvalue weighted by Gasteiger charge is 2.33. The number of urea groups is 1. The van der Waals surface area contributed by atoms with Crippen molar-refractivity contribution in [3.63, 3.8) is 0 Å². The topological polar surface area (TPSA) is 95.5 Å². The number of hydrogen-bond donors (Lipinski definition) is 3. The van der Waals surface area contributed by atoms with E-state index in [0.717, 1.165) is 12.8 Å². The normalized spacial score (nSPS) is 15.1. The number of nitrogens with one attached hydrogen (secondary N) is 2. The van der Waals surface area contributed by atoms with Crippen LogP contribution < -0.4 is 10.6 Å². The van der Waals surface area contributed by atoms with E-state index in [9.17, 15) is 14.4 Å². The standard InChI is InChI=1S/C15H18N2O4/c1-9(18)11-3-2-4-12(7-11)16-15(21)17-13(8-14(19)20)10-5-6-10/h2-4,7,10,13H,5-6,8H2,1H3,(H,19,20)(H2,16,17,21). The highest BCUT2D eigenvalue weighted by Crippen LogP contribution is 2.34. The molecule has 1 saturated carbocycles. The molecule has 0 saturated heterocycles. The lowest BCUT2D eigenvalue weighted by Gasteiger charge is -2.16. The van der Waals surface area contributed by atoms with Gasteiger partial charge in [-0.3, -0.25) is 9.59 Å². The van der Waals surface area contributed by atoms with E-state index in [1.54, 1.807) is 24.3 Å². The smallest absolute Gasteiger partial charge is 0.319 e. The van der Waals surface area contributed by atoms with Crippen LogP contribution in [0, 0.1) is 5.92 Å². The molecule has 2 amide bonds. The zero-order chi connectivity index (χ0) is 15.4. The number of Topliss-reactive ketones (excluding diaryl/α,β-unsaturated/α-hetero) is 1. The molecule has 1 aromatic rings. The van der Waals surface area contributed by atoms with E-state index in [2.05, 4.69) is 10.6 Å². The Bertz CT molecular complexity index is 567. The second-order valence-corrected chi connectivity index (χ2v) is 5.28. The van der Waals surface area contributed by atoms with Crippen LogP contribution in [0.25, 0.3) is 0 Å². The van der Waals surface area contributed by atoms with E-state index in [4.69, 9.17) is 5.11 Å². The summed E-state index contributed by atoms with van der Waals surface area (Å²) in [5.41, 5.74) is 1.02. The van der Waals surface area contributed by atoms with Crippen LogP contribution in [0.3, 0.4) is 0 Å². The molecule has 0 spiro atoms. The van der Waals surface area contributed by atoms with Crippen molar-refractivity contribution < 1.29 is 19.5 Å². The van der Waals surface area contributed by atoms with Crippen LogP contribution in [0.4, 0.5) is 10.5 Å². The average molecular weight is 290 g/mol. The van der Waals surface area contributed by atoms with Crippen molar-refractivity contribution in [2.24, 2.45) is 5.92 Å². The van der Waals surface area contributed by atoms with Gasteiger partial charge >= 0.3 is 12.0 Å². The van der Waals surface area contributed by atoms with Gasteiger partial charge in [-0.05, 0) is 37.8 Å². The number of carboxylic acid groups (broad SMARTS) is 1. The lowest BCUT2D eigenvalue weighted by Crippen LogP contribution is -2.40. The minimum atomic E-state index is -0.925. The van der Waals surface area contributed by atoms with Gasteiger partial charge in [-0.2, -0.15) is 0 Å². The maximum absolute atomic E-state index is 11.9. The summed E-state index contributed by atoms with van der Waals surface area (Å²) in [6.07, 6.45) is 1.81. The third-order valence-corrected chi connectivity index (χ3v) is 3.43. The molecule has 21 heavy (non-hydrogen) atoms. The molecular formula is C15H18N2O4. The fourth-order valence-corrected chi connectivity index (χ4v) is 2.17. The molecule has 1 aromatic carbocycles. The van der Waals surface area contributed by atoms with Gasteiger partial charge in [0.25, 0.3) is 0 Å². The van der Waals surface area contributed by atoms with E-state index >= 15 is 0 Å². The fourth-order valence-electron chi connectivity index (χ4n) is 2.17. The second kappa shape index (κ2) is 6.39. The van der Waals surface area contributed by atoms with Gasteiger partial charge in [-0.15, -0.1) is 0 Å². The summed E-state index contributed by atoms with van der Waals surface area (Å²) >= 11 is 0. The van der Waals surface area contributed by atoms with E-state index in [0.29, 0.717) is 11.3 Å². The lowest BCUT2D eigenvalue weighted by atomic mass is 10.1. The Morgan fingerprint density at radius 1 is 1.33 bits per heavy atom. The first-order chi connectivity index (χ1) is 9.95. The summed E-state index contributed by atoms with van der Waals surface area (Å²) in [6, 6.07) is 5.82. The number of rotatable bonds is 6. The molecule has 1 aliphatic rings. The van der Waals surface area contributed by atoms with Crippen LogP contribution in [0.15, 0.2) is 24.3 Å². The molecule has 1 fully saturated rings. The Morgan fingerprint density at radius 3 is 2.62 bits per heavy atom. The molecule has 2 rings (SSSR count). The summed E-state index contributed by atoms with van der Waals surface area (Å²) in [5, 5.41) is 14.2. The lowest BCUT2D eigenvalue weighted by molar-refractivity contribution is -0.137. The van der Waals surface area contributed by atoms with E-state index in [-0.39, 0.29) is 24.2 Å². The first-order valence-corrected chi connectivity index (χ1v) is 6.86. The number of hydrogen-bond acceptors (Lipinski definition) is 3. The highest BCUT2D eigenvalue weighted by atomic mass is 16.4. The van der Waals surface area contributed by atoms with Crippen LogP contribution in [0.2, 0.25) is 0 Å². The predicted octanol–water partition coefficient (Wildman–Crippen LogP) is 2.26. The second-order valence-electron chi connectivity index (χ2n) is 5.28. The quantitative estimate of drug-likeness (QED) is 0.700. The number of carbonyl (C=O) groups is 3. The van der Waals surface area contributed by atoms with Crippen LogP contribution in [-0.2, 0) is 4.79 Å². The summed E-state index contributed by atoms with van der Waals surface area (Å²) < 4.78 is 0. The Labute approximate surface area is 122 Å². The summed E-state index contributed by atoms with van der Waals surface area (Å²) in [6.45, 7) is 1.45. The van der Waals surface area contributed by atoms with Gasteiger partial charge in [0.2, 0.25) is 0 Å². The largest absolute Gasteiger partial charge is 0.481 e. The van der Waals surface area contributed by atoms with E-state index in [1.807, 2.05) is 0 Å². The Kier molecular flexibility index (Phi) is 4.57. The summed E-state index contributed by atoms with van der Waals surface area (Å²) in [7, 11) is 0. The molecule has 0 aromatic heterocycles. The third-order valence-electron chi connectivity index (χ3n) is 3.43. The van der Waals surface area contributed by atoms with Crippen molar-refractivity contribution in [2.75, 3.05) is 5.32 Å². The SMILES string of the molecule is CC(=O)c1cccc(NC(=O)NC(CC(=O)O)C2CC2)c1. The minimum absolute atomic E-state index is 0.0778. The number of anilines is 1. The van der Waals surface area contributed by atoms with Gasteiger partial charge in [-0.25, -0.2) is 4.79 Å². The molecule has 112 valence electrons. The number of benzene rings is 1. The highest BCUT2D eigenvalue weighted by molar-refractivity contribution is 5.96. The molecule has 6 nitrogen and oxygen atoms in total. The van der Waals surface area contributed by atoms with Gasteiger partial charge in [-0.1, -0.05) is 12.1 Å². The Morgan fingerprint density at radius 2 is 2.05 bits per heavy atom. The molecule has 0 bridgehead atoms. The zero-order valence-electron chi connectivity index (χ0n) is 11.8. The average Bonchev–Trinajstić information content (AvgIpc) is 3.21. The first kappa shape index (κ1) is 15.0. The maximum Gasteiger partial charge on any atom is 0.319 e. The van der Waals surface area contributed by atoms with Gasteiger partial charge < -0.3 is 15.7 Å². The monoisotopic (exact) mass is 290 g/mol. The van der Waals surface area contributed by atoms with Crippen molar-refractivity contribution in [3.05, 3.63) is 29.8 Å². The Hall–Kier alpha value is -2.37. The van der Waals surface area contributed by atoms with Gasteiger partial charge in [0.05, 0.1) is 6.42 Å². The molecule has 0 radical (unpaired) electrons. The van der Waals surface area contributed by atoms with E-state index < -0.39 is 12.0 Å². The Balaban J connectivity index is 1.95. The van der Waals surface area contributed by atoms with Crippen molar-refractivity contribution >= 4 is 23.5 Å². The van der Waals surface area contributed by atoms with Crippen molar-refractivity contribution in [2.45, 2.75) is 32.2 Å². The molecule has 1 atom stereocenters. The molecule has 1 unspecified atom stereocenters. The van der Waals surface area contributed by atoms with Crippen LogP contribution in [0.5, 0.6) is 0 Å². The molecule has 6 heteroatoms. The number of ketones is 1. The van der Waals surface area contributed by atoms with Crippen LogP contribution in [-0.4, -0.2) is 28.9 Å². The summed E-state index contributed by atoms with van der Waals surface area (Å²) in [5.74, 6) is -0.762. The van der Waals surface area contributed by atoms with Crippen LogP contribution >= 0.6 is 0 Å². The minimum Gasteiger partial charge on any atom is -0.481 e. The van der Waals surface area contributed by atoms with Gasteiger partial charge in [0.1, 0.15) is 0 Å². The molecular weight excluding hydrogens is 272 g/mol.